The van der Waals surface area contributed by atoms with E-state index >= 15 is 0 Å². The van der Waals surface area contributed by atoms with E-state index in [0.717, 1.165) is 22.6 Å². The Hall–Kier alpha value is -3.10. The molecule has 0 aliphatic carbocycles. The average molecular weight is 412 g/mol. The van der Waals surface area contributed by atoms with Crippen molar-refractivity contribution >= 4 is 16.9 Å². The molecular weight excluding hydrogens is 384 g/mol. The summed E-state index contributed by atoms with van der Waals surface area (Å²) in [5.41, 5.74) is 7.13. The summed E-state index contributed by atoms with van der Waals surface area (Å²) in [5.74, 6) is 2.60. The lowest BCUT2D eigenvalue weighted by atomic mass is 10.3. The minimum atomic E-state index is -0.445. The third kappa shape index (κ3) is 5.28. The molecule has 0 saturated heterocycles. The Morgan fingerprint density at radius 1 is 1.17 bits per heavy atom. The first-order valence-electron chi connectivity index (χ1n) is 9.93. The van der Waals surface area contributed by atoms with Crippen LogP contribution in [0.25, 0.3) is 11.0 Å². The molecule has 3 aromatic rings. The van der Waals surface area contributed by atoms with Crippen molar-refractivity contribution in [3.8, 4) is 17.2 Å². The minimum absolute atomic E-state index is 0.401. The summed E-state index contributed by atoms with van der Waals surface area (Å²) in [6, 6.07) is 12.7. The number of rotatable bonds is 11. The van der Waals surface area contributed by atoms with Crippen molar-refractivity contribution < 1.29 is 19.0 Å². The lowest BCUT2D eigenvalue weighted by Crippen LogP contribution is -2.38. The molecule has 1 heterocycles. The Morgan fingerprint density at radius 3 is 2.53 bits per heavy atom. The van der Waals surface area contributed by atoms with E-state index in [0.29, 0.717) is 37.8 Å². The lowest BCUT2D eigenvalue weighted by molar-refractivity contribution is -0.119. The highest BCUT2D eigenvalue weighted by Crippen LogP contribution is 2.27. The second kappa shape index (κ2) is 10.1. The van der Waals surface area contributed by atoms with Crippen molar-refractivity contribution in [3.05, 3.63) is 48.3 Å². The van der Waals surface area contributed by atoms with E-state index in [1.807, 2.05) is 49.4 Å². The fourth-order valence-electron chi connectivity index (χ4n) is 3.03. The zero-order valence-electron chi connectivity index (χ0n) is 17.6. The molecule has 0 fully saturated rings. The monoisotopic (exact) mass is 412 g/mol. The van der Waals surface area contributed by atoms with Crippen LogP contribution in [0, 0.1) is 0 Å². The van der Waals surface area contributed by atoms with Crippen LogP contribution in [-0.2, 0) is 22.6 Å². The number of primary amides is 1. The van der Waals surface area contributed by atoms with Gasteiger partial charge in [-0.15, -0.1) is 0 Å². The van der Waals surface area contributed by atoms with Gasteiger partial charge in [0.15, 0.2) is 0 Å². The van der Waals surface area contributed by atoms with Gasteiger partial charge >= 0.3 is 0 Å². The summed E-state index contributed by atoms with van der Waals surface area (Å²) in [6.45, 7) is 5.95. The van der Waals surface area contributed by atoms with Gasteiger partial charge in [0, 0.05) is 19.2 Å². The van der Waals surface area contributed by atoms with E-state index in [9.17, 15) is 4.79 Å². The summed E-state index contributed by atoms with van der Waals surface area (Å²) in [6.07, 6.45) is 0. The van der Waals surface area contributed by atoms with Crippen LogP contribution in [0.1, 0.15) is 19.7 Å². The number of fused-ring (bicyclic) bond motifs is 1. The summed E-state index contributed by atoms with van der Waals surface area (Å²) < 4.78 is 18.8. The zero-order chi connectivity index (χ0) is 21.5. The molecule has 0 saturated carbocycles. The molecule has 0 spiro atoms. The van der Waals surface area contributed by atoms with E-state index in [1.165, 1.54) is 0 Å². The third-order valence-electron chi connectivity index (χ3n) is 4.75. The van der Waals surface area contributed by atoms with Crippen LogP contribution in [0.15, 0.2) is 42.5 Å². The van der Waals surface area contributed by atoms with Gasteiger partial charge in [-0.3, -0.25) is 10.1 Å². The molecule has 160 valence electrons. The van der Waals surface area contributed by atoms with Gasteiger partial charge in [-0.2, -0.15) is 0 Å². The number of imidazole rings is 1. The number of benzene rings is 2. The number of hydrogen-bond acceptors (Lipinski definition) is 6. The Labute approximate surface area is 175 Å². The number of amides is 1. The minimum Gasteiger partial charge on any atom is -0.497 e. The number of ether oxygens (including phenoxy) is 3. The number of methoxy groups -OCH3 is 1. The summed E-state index contributed by atoms with van der Waals surface area (Å²) >= 11 is 0. The van der Waals surface area contributed by atoms with Gasteiger partial charge in [-0.25, -0.2) is 4.98 Å². The maximum Gasteiger partial charge on any atom is 0.234 e. The molecule has 30 heavy (non-hydrogen) atoms. The first-order chi connectivity index (χ1) is 14.5. The molecule has 8 nitrogen and oxygen atoms in total. The first-order valence-corrected chi connectivity index (χ1v) is 9.93. The molecule has 1 unspecified atom stereocenters. The van der Waals surface area contributed by atoms with Crippen LogP contribution in [0.3, 0.4) is 0 Å². The summed E-state index contributed by atoms with van der Waals surface area (Å²) in [7, 11) is 1.63. The fourth-order valence-corrected chi connectivity index (χ4v) is 3.03. The third-order valence-corrected chi connectivity index (χ3v) is 4.75. The van der Waals surface area contributed by atoms with Crippen LogP contribution in [0.2, 0.25) is 0 Å². The van der Waals surface area contributed by atoms with Crippen molar-refractivity contribution in [2.45, 2.75) is 33.0 Å². The number of nitrogens with one attached hydrogen (secondary N) is 1. The highest BCUT2D eigenvalue weighted by Gasteiger charge is 2.14. The average Bonchev–Trinajstić information content (AvgIpc) is 3.09. The van der Waals surface area contributed by atoms with Gasteiger partial charge in [0.05, 0.1) is 37.3 Å². The molecule has 8 heteroatoms. The fraction of sp³-hybridized carbons (Fsp3) is 0.364. The largest absolute Gasteiger partial charge is 0.497 e. The number of carbonyl (C=O) groups excluding carboxylic acids is 1. The predicted molar refractivity (Wildman–Crippen MR) is 115 cm³/mol. The van der Waals surface area contributed by atoms with Crippen LogP contribution < -0.4 is 20.5 Å². The second-order valence-electron chi connectivity index (χ2n) is 6.81. The molecule has 0 aliphatic heterocycles. The van der Waals surface area contributed by atoms with E-state index in [-0.39, 0.29) is 0 Å². The van der Waals surface area contributed by atoms with Crippen molar-refractivity contribution in [2.75, 3.05) is 20.3 Å². The molecule has 3 rings (SSSR count). The number of carbonyl (C=O) groups is 1. The highest BCUT2D eigenvalue weighted by atomic mass is 16.5. The SMILES string of the molecule is CCOCCn1c(CNC(C)C(N)=O)nc2ccc(Oc3ccc(OC)cc3)cc21. The Kier molecular flexibility index (Phi) is 7.26. The van der Waals surface area contributed by atoms with E-state index in [2.05, 4.69) is 9.88 Å². The number of hydrogen-bond donors (Lipinski definition) is 2. The second-order valence-corrected chi connectivity index (χ2v) is 6.81. The quantitative estimate of drug-likeness (QED) is 0.470. The Morgan fingerprint density at radius 2 is 1.87 bits per heavy atom. The summed E-state index contributed by atoms with van der Waals surface area (Å²) in [5, 5.41) is 3.11. The van der Waals surface area contributed by atoms with Crippen LogP contribution in [-0.4, -0.2) is 41.8 Å². The molecule has 1 atom stereocenters. The van der Waals surface area contributed by atoms with Gasteiger partial charge in [0.1, 0.15) is 23.1 Å². The predicted octanol–water partition coefficient (Wildman–Crippen LogP) is 2.84. The van der Waals surface area contributed by atoms with E-state index in [4.69, 9.17) is 24.9 Å². The Bertz CT molecular complexity index is 985. The number of nitrogens with two attached hydrogens (primary N) is 1. The van der Waals surface area contributed by atoms with Crippen molar-refractivity contribution in [3.63, 3.8) is 0 Å². The van der Waals surface area contributed by atoms with Crippen molar-refractivity contribution in [2.24, 2.45) is 5.73 Å². The lowest BCUT2D eigenvalue weighted by Gasteiger charge is -2.13. The van der Waals surface area contributed by atoms with Gasteiger partial charge in [-0.1, -0.05) is 0 Å². The molecule has 3 N–H and O–H groups in total. The number of nitrogens with zero attached hydrogens (tertiary/aromatic N) is 2. The normalized spacial score (nSPS) is 12.1. The van der Waals surface area contributed by atoms with E-state index in [1.54, 1.807) is 14.0 Å². The van der Waals surface area contributed by atoms with Crippen LogP contribution in [0.5, 0.6) is 17.2 Å². The molecule has 0 aliphatic rings. The molecule has 2 aromatic carbocycles. The first kappa shape index (κ1) is 21.6. The van der Waals surface area contributed by atoms with Gasteiger partial charge in [0.2, 0.25) is 5.91 Å². The number of aromatic nitrogens is 2. The molecule has 0 bridgehead atoms. The maximum atomic E-state index is 11.3. The summed E-state index contributed by atoms with van der Waals surface area (Å²) in [4.78, 5) is 16.0. The van der Waals surface area contributed by atoms with Crippen LogP contribution in [0.4, 0.5) is 0 Å². The zero-order valence-corrected chi connectivity index (χ0v) is 17.6. The smallest absolute Gasteiger partial charge is 0.234 e. The molecule has 0 radical (unpaired) electrons. The van der Waals surface area contributed by atoms with Crippen LogP contribution >= 0.6 is 0 Å². The molecule has 1 amide bonds. The van der Waals surface area contributed by atoms with Gasteiger partial charge in [-0.05, 0) is 50.2 Å². The maximum absolute atomic E-state index is 11.3. The molecule has 1 aromatic heterocycles. The van der Waals surface area contributed by atoms with Crippen molar-refractivity contribution in [1.29, 1.82) is 0 Å². The topological polar surface area (TPSA) is 101 Å². The van der Waals surface area contributed by atoms with Gasteiger partial charge in [0.25, 0.3) is 0 Å². The highest BCUT2D eigenvalue weighted by molar-refractivity contribution is 5.79. The van der Waals surface area contributed by atoms with Crippen molar-refractivity contribution in [1.82, 2.24) is 14.9 Å². The molecular formula is C22H28N4O4. The Balaban J connectivity index is 1.86. The van der Waals surface area contributed by atoms with Gasteiger partial charge < -0.3 is 24.5 Å². The van der Waals surface area contributed by atoms with E-state index < -0.39 is 11.9 Å². The standard InChI is InChI=1S/C22H28N4O4/c1-4-29-12-11-26-20-13-18(30-17-7-5-16(28-3)6-8-17)9-10-19(20)25-21(26)14-24-15(2)22(23)27/h5-10,13,15,24H,4,11-12,14H2,1-3H3,(H2,23,27).